The molecule has 6 heteroatoms. The van der Waals surface area contributed by atoms with Crippen molar-refractivity contribution in [3.05, 3.63) is 5.89 Å². The molecule has 2 rings (SSSR count). The maximum atomic E-state index is 5.37. The van der Waals surface area contributed by atoms with Crippen LogP contribution in [0.3, 0.4) is 0 Å². The molecule has 16 heavy (non-hydrogen) atoms. The zero-order valence-corrected chi connectivity index (χ0v) is 9.77. The van der Waals surface area contributed by atoms with Crippen LogP contribution in [0.15, 0.2) is 4.52 Å². The minimum absolute atomic E-state index is 0.286. The third kappa shape index (κ3) is 2.70. The highest BCUT2D eigenvalue weighted by Crippen LogP contribution is 2.09. The summed E-state index contributed by atoms with van der Waals surface area (Å²) in [7, 11) is 1.94. The van der Waals surface area contributed by atoms with E-state index in [0.29, 0.717) is 18.4 Å². The minimum atomic E-state index is 0.286. The molecule has 2 heterocycles. The van der Waals surface area contributed by atoms with Crippen LogP contribution < -0.4 is 10.2 Å². The number of nitrogens with zero attached hydrogens (tertiary/aromatic N) is 3. The highest BCUT2D eigenvalue weighted by Gasteiger charge is 2.17. The molecule has 0 radical (unpaired) electrons. The Kier molecular flexibility index (Phi) is 3.74. The molecule has 0 aromatic carbocycles. The number of ether oxygens (including phenoxy) is 1. The first-order valence-corrected chi connectivity index (χ1v) is 5.64. The van der Waals surface area contributed by atoms with Gasteiger partial charge in [0.15, 0.2) is 0 Å². The van der Waals surface area contributed by atoms with Crippen molar-refractivity contribution in [1.82, 2.24) is 15.5 Å². The summed E-state index contributed by atoms with van der Waals surface area (Å²) >= 11 is 0. The number of aromatic nitrogens is 2. The van der Waals surface area contributed by atoms with Crippen molar-refractivity contribution in [3.8, 4) is 0 Å². The number of anilines is 1. The Bertz CT molecular complexity index is 322. The molecular weight excluding hydrogens is 208 g/mol. The zero-order chi connectivity index (χ0) is 11.4. The van der Waals surface area contributed by atoms with Gasteiger partial charge in [0, 0.05) is 32.6 Å². The Morgan fingerprint density at radius 2 is 2.44 bits per heavy atom. The van der Waals surface area contributed by atoms with E-state index in [9.17, 15) is 0 Å². The van der Waals surface area contributed by atoms with E-state index in [1.165, 1.54) is 0 Å². The van der Waals surface area contributed by atoms with E-state index in [2.05, 4.69) is 15.5 Å². The molecule has 0 spiro atoms. The van der Waals surface area contributed by atoms with E-state index in [1.54, 1.807) is 0 Å². The Morgan fingerprint density at radius 3 is 3.12 bits per heavy atom. The first-order chi connectivity index (χ1) is 7.79. The summed E-state index contributed by atoms with van der Waals surface area (Å²) < 4.78 is 10.6. The fraction of sp³-hybridized carbons (Fsp3) is 0.800. The molecule has 1 atom stereocenters. The number of hydrogen-bond acceptors (Lipinski definition) is 6. The van der Waals surface area contributed by atoms with Crippen LogP contribution in [0.4, 0.5) is 5.95 Å². The quantitative estimate of drug-likeness (QED) is 0.783. The van der Waals surface area contributed by atoms with Gasteiger partial charge in [-0.05, 0) is 12.1 Å². The topological polar surface area (TPSA) is 63.4 Å². The van der Waals surface area contributed by atoms with Crippen molar-refractivity contribution in [3.63, 3.8) is 0 Å². The van der Waals surface area contributed by atoms with Gasteiger partial charge in [0.1, 0.15) is 0 Å². The van der Waals surface area contributed by atoms with Crippen LogP contribution in [0.5, 0.6) is 0 Å². The maximum Gasteiger partial charge on any atom is 0.265 e. The van der Waals surface area contributed by atoms with Crippen molar-refractivity contribution in [2.24, 2.45) is 0 Å². The normalized spacial score (nSPS) is 21.0. The zero-order valence-electron chi connectivity index (χ0n) is 9.77. The largest absolute Gasteiger partial charge is 0.378 e. The molecule has 1 aliphatic rings. The third-order valence-corrected chi connectivity index (χ3v) is 2.69. The van der Waals surface area contributed by atoms with E-state index >= 15 is 0 Å². The van der Waals surface area contributed by atoms with Gasteiger partial charge in [-0.15, -0.1) is 0 Å². The van der Waals surface area contributed by atoms with Crippen LogP contribution in [0.1, 0.15) is 12.8 Å². The molecule has 1 fully saturated rings. The van der Waals surface area contributed by atoms with Gasteiger partial charge < -0.3 is 19.5 Å². The second-order valence-corrected chi connectivity index (χ2v) is 3.93. The lowest BCUT2D eigenvalue weighted by molar-refractivity contribution is 0.0744. The Hall–Kier alpha value is -1.14. The van der Waals surface area contributed by atoms with Gasteiger partial charge in [-0.3, -0.25) is 0 Å². The predicted octanol–water partition coefficient (Wildman–Crippen LogP) is 0.0566. The van der Waals surface area contributed by atoms with Crippen molar-refractivity contribution in [1.29, 1.82) is 0 Å². The Morgan fingerprint density at radius 1 is 1.56 bits per heavy atom. The van der Waals surface area contributed by atoms with Crippen molar-refractivity contribution >= 4 is 5.95 Å². The molecule has 1 aliphatic heterocycles. The van der Waals surface area contributed by atoms with Gasteiger partial charge in [0.05, 0.1) is 13.2 Å². The fourth-order valence-electron chi connectivity index (χ4n) is 1.59. The van der Waals surface area contributed by atoms with Gasteiger partial charge >= 0.3 is 0 Å². The summed E-state index contributed by atoms with van der Waals surface area (Å²) in [6, 6.07) is 0.286. The van der Waals surface area contributed by atoms with Crippen LogP contribution >= 0.6 is 0 Å². The van der Waals surface area contributed by atoms with Gasteiger partial charge in [0.25, 0.3) is 5.95 Å². The third-order valence-electron chi connectivity index (χ3n) is 2.69. The first-order valence-electron chi connectivity index (χ1n) is 5.64. The minimum Gasteiger partial charge on any atom is -0.378 e. The van der Waals surface area contributed by atoms with E-state index in [-0.39, 0.29) is 6.04 Å². The van der Waals surface area contributed by atoms with Crippen LogP contribution in [0.2, 0.25) is 0 Å². The highest BCUT2D eigenvalue weighted by molar-refractivity contribution is 5.25. The number of rotatable bonds is 4. The summed E-state index contributed by atoms with van der Waals surface area (Å²) in [6.45, 7) is 5.29. The molecule has 90 valence electrons. The van der Waals surface area contributed by atoms with Gasteiger partial charge in [-0.2, -0.15) is 4.98 Å². The molecule has 6 nitrogen and oxygen atoms in total. The summed E-state index contributed by atoms with van der Waals surface area (Å²) in [5.74, 6) is 1.31. The molecule has 1 N–H and O–H groups in total. The fourth-order valence-corrected chi connectivity index (χ4v) is 1.59. The van der Waals surface area contributed by atoms with E-state index in [0.717, 1.165) is 26.1 Å². The van der Waals surface area contributed by atoms with Crippen molar-refractivity contribution in [2.45, 2.75) is 19.4 Å². The Labute approximate surface area is 95.0 Å². The lowest BCUT2D eigenvalue weighted by Crippen LogP contribution is -2.42. The molecule has 1 aromatic rings. The SMILES string of the molecule is CCN(C)c1noc(CC2COCCN2)n1. The number of nitrogens with one attached hydrogen (secondary N) is 1. The maximum absolute atomic E-state index is 5.37. The van der Waals surface area contributed by atoms with Crippen molar-refractivity contribution < 1.29 is 9.26 Å². The van der Waals surface area contributed by atoms with Gasteiger partial charge in [0.2, 0.25) is 5.89 Å². The standard InChI is InChI=1S/C10H18N4O2/c1-3-14(2)10-12-9(16-13-10)6-8-7-15-5-4-11-8/h8,11H,3-7H2,1-2H3. The average Bonchev–Trinajstić information content (AvgIpc) is 2.78. The lowest BCUT2D eigenvalue weighted by atomic mass is 10.2. The number of hydrogen-bond donors (Lipinski definition) is 1. The van der Waals surface area contributed by atoms with Crippen LogP contribution in [-0.2, 0) is 11.2 Å². The average molecular weight is 226 g/mol. The van der Waals surface area contributed by atoms with Crippen LogP contribution in [0, 0.1) is 0 Å². The molecule has 0 saturated carbocycles. The van der Waals surface area contributed by atoms with E-state index in [1.807, 2.05) is 18.9 Å². The van der Waals surface area contributed by atoms with Crippen molar-refractivity contribution in [2.75, 3.05) is 38.3 Å². The molecule has 1 saturated heterocycles. The molecule has 0 bridgehead atoms. The first kappa shape index (κ1) is 11.3. The monoisotopic (exact) mass is 226 g/mol. The molecule has 0 amide bonds. The smallest absolute Gasteiger partial charge is 0.265 e. The van der Waals surface area contributed by atoms with E-state index < -0.39 is 0 Å². The second kappa shape index (κ2) is 5.27. The van der Waals surface area contributed by atoms with Crippen LogP contribution in [-0.4, -0.2) is 49.5 Å². The van der Waals surface area contributed by atoms with Crippen LogP contribution in [0.25, 0.3) is 0 Å². The van der Waals surface area contributed by atoms with Gasteiger partial charge in [-0.25, -0.2) is 0 Å². The Balaban J connectivity index is 1.91. The summed E-state index contributed by atoms with van der Waals surface area (Å²) in [5.41, 5.74) is 0. The summed E-state index contributed by atoms with van der Waals surface area (Å²) in [4.78, 5) is 6.27. The molecule has 1 unspecified atom stereocenters. The number of morpholine rings is 1. The second-order valence-electron chi connectivity index (χ2n) is 3.93. The lowest BCUT2D eigenvalue weighted by Gasteiger charge is -2.22. The van der Waals surface area contributed by atoms with Gasteiger partial charge in [-0.1, -0.05) is 0 Å². The molecule has 1 aromatic heterocycles. The summed E-state index contributed by atoms with van der Waals surface area (Å²) in [6.07, 6.45) is 0.727. The molecule has 0 aliphatic carbocycles. The highest BCUT2D eigenvalue weighted by atomic mass is 16.5. The summed E-state index contributed by atoms with van der Waals surface area (Å²) in [5, 5.41) is 7.28. The van der Waals surface area contributed by atoms with E-state index in [4.69, 9.17) is 9.26 Å². The molecular formula is C10H18N4O2. The predicted molar refractivity (Wildman–Crippen MR) is 59.6 cm³/mol.